The number of aromatic nitrogens is 3. The average Bonchev–Trinajstić information content (AvgIpc) is 3.72. The molecule has 9 nitrogen and oxygen atoms in total. The minimum absolute atomic E-state index is 0.0210. The number of nitrogens with one attached hydrogen (secondary N) is 1. The predicted molar refractivity (Wildman–Crippen MR) is 176 cm³/mol. The second-order valence-corrected chi connectivity index (χ2v) is 13.8. The van der Waals surface area contributed by atoms with Crippen LogP contribution in [0.2, 0.25) is 0 Å². The number of aromatic hydroxyl groups is 1. The molecule has 250 valence electrons. The Kier molecular flexibility index (Phi) is 6.63. The van der Waals surface area contributed by atoms with E-state index in [-0.39, 0.29) is 58.7 Å². The number of methoxy groups -OCH3 is 1. The number of hydrogen-bond acceptors (Lipinski definition) is 9. The summed E-state index contributed by atoms with van der Waals surface area (Å²) in [7, 11) is -2.58. The standard InChI is InChI=1S/C36H37F3N6O3/c1-4-25-27(38)7-6-21-12-24(46)13-26(29(21)25)31-30(39)32-28(20(2)40-31)33(44-16-23-8-10-35(17-44,43-23)18-47-3)42-34(41-32)48-19-36-9-5-11-45(36)15-22(37)14-36/h1,6-7,12-13,22-23,43,46H,5,8-11,14-19H2,2-3H3/t22-,23?,35?,36+/m1/s1/i3D3. The number of terminal acetylenes is 1. The number of fused-ring (bicyclic) bond motifs is 5. The van der Waals surface area contributed by atoms with Gasteiger partial charge in [-0.3, -0.25) is 4.90 Å². The van der Waals surface area contributed by atoms with E-state index in [2.05, 4.69) is 26.1 Å². The Hall–Kier alpha value is -4.18. The number of alkyl halides is 1. The maximum atomic E-state index is 17.2. The summed E-state index contributed by atoms with van der Waals surface area (Å²) in [6.07, 6.45) is 8.14. The van der Waals surface area contributed by atoms with Crippen molar-refractivity contribution in [1.82, 2.24) is 25.2 Å². The molecule has 0 saturated carbocycles. The van der Waals surface area contributed by atoms with Crippen LogP contribution in [0.15, 0.2) is 24.3 Å². The van der Waals surface area contributed by atoms with Crippen molar-refractivity contribution in [3.05, 3.63) is 47.2 Å². The quantitative estimate of drug-likeness (QED) is 0.265. The van der Waals surface area contributed by atoms with Gasteiger partial charge in [0.1, 0.15) is 41.4 Å². The highest BCUT2D eigenvalue weighted by atomic mass is 19.1. The van der Waals surface area contributed by atoms with Crippen molar-refractivity contribution in [3.63, 3.8) is 0 Å². The van der Waals surface area contributed by atoms with Crippen molar-refractivity contribution in [2.45, 2.75) is 62.3 Å². The topological polar surface area (TPSA) is 95.9 Å². The molecule has 2 aromatic heterocycles. The fraction of sp³-hybridized carbons (Fsp3) is 0.472. The second-order valence-electron chi connectivity index (χ2n) is 13.8. The van der Waals surface area contributed by atoms with E-state index < -0.39 is 35.9 Å². The van der Waals surface area contributed by atoms with Crippen molar-refractivity contribution in [2.75, 3.05) is 51.3 Å². The van der Waals surface area contributed by atoms with Crippen LogP contribution in [0, 0.1) is 30.9 Å². The van der Waals surface area contributed by atoms with E-state index in [4.69, 9.17) is 25.0 Å². The van der Waals surface area contributed by atoms with Gasteiger partial charge < -0.3 is 24.8 Å². The lowest BCUT2D eigenvalue weighted by Gasteiger charge is -2.42. The number of aryl methyl sites for hydroxylation is 1. The number of rotatable bonds is 7. The van der Waals surface area contributed by atoms with Gasteiger partial charge in [0.05, 0.1) is 38.4 Å². The van der Waals surface area contributed by atoms with E-state index in [1.165, 1.54) is 24.3 Å². The Morgan fingerprint density at radius 1 is 1.17 bits per heavy atom. The molecule has 0 radical (unpaired) electrons. The molecule has 0 aliphatic carbocycles. The van der Waals surface area contributed by atoms with Crippen LogP contribution in [0.3, 0.4) is 0 Å². The van der Waals surface area contributed by atoms with Crippen LogP contribution in [-0.4, -0.2) is 94.7 Å². The van der Waals surface area contributed by atoms with E-state index in [0.717, 1.165) is 25.8 Å². The third-order valence-electron chi connectivity index (χ3n) is 10.7. The SMILES string of the molecule is [2H]C([2H])([2H])OCC12CCC(CN(c3nc(OC[C@@]45CCCN4C[C@H](F)C5)nc4c(F)c(-c5cc(O)cc6ccc(F)c(C#C)c56)nc(C)c34)C1)N2. The van der Waals surface area contributed by atoms with Crippen LogP contribution in [0.5, 0.6) is 11.8 Å². The van der Waals surface area contributed by atoms with Crippen LogP contribution in [0.1, 0.15) is 47.5 Å². The molecule has 2 bridgehead atoms. The normalized spacial score (nSPS) is 28.0. The highest BCUT2D eigenvalue weighted by Crippen LogP contribution is 2.43. The number of phenolic OH excluding ortho intramolecular Hbond substituents is 1. The maximum Gasteiger partial charge on any atom is 0.319 e. The maximum absolute atomic E-state index is 17.2. The monoisotopic (exact) mass is 661 g/mol. The molecule has 4 aliphatic rings. The van der Waals surface area contributed by atoms with Gasteiger partial charge >= 0.3 is 6.01 Å². The largest absolute Gasteiger partial charge is 0.508 e. The van der Waals surface area contributed by atoms with Crippen molar-refractivity contribution in [1.29, 1.82) is 0 Å². The molecule has 2 N–H and O–H groups in total. The summed E-state index contributed by atoms with van der Waals surface area (Å²) < 4.78 is 81.1. The van der Waals surface area contributed by atoms with E-state index in [9.17, 15) is 13.9 Å². The van der Waals surface area contributed by atoms with Gasteiger partial charge in [-0.25, -0.2) is 18.2 Å². The zero-order valence-corrected chi connectivity index (χ0v) is 26.5. The summed E-state index contributed by atoms with van der Waals surface area (Å²) in [6.45, 7) is 3.60. The third-order valence-corrected chi connectivity index (χ3v) is 10.7. The number of nitrogens with zero attached hydrogens (tertiary/aromatic N) is 5. The smallest absolute Gasteiger partial charge is 0.319 e. The van der Waals surface area contributed by atoms with Gasteiger partial charge in [-0.1, -0.05) is 12.0 Å². The third kappa shape index (κ3) is 4.94. The number of hydrogen-bond donors (Lipinski definition) is 2. The first-order valence-electron chi connectivity index (χ1n) is 17.8. The van der Waals surface area contributed by atoms with Gasteiger partial charge in [0.15, 0.2) is 5.82 Å². The van der Waals surface area contributed by atoms with Crippen molar-refractivity contribution in [3.8, 4) is 35.4 Å². The molecule has 4 aromatic rings. The zero-order valence-electron chi connectivity index (χ0n) is 29.5. The van der Waals surface area contributed by atoms with Gasteiger partial charge in [-0.2, -0.15) is 9.97 Å². The van der Waals surface area contributed by atoms with Crippen molar-refractivity contribution < 1.29 is 31.9 Å². The molecule has 8 rings (SSSR count). The van der Waals surface area contributed by atoms with Gasteiger partial charge in [0.2, 0.25) is 0 Å². The van der Waals surface area contributed by atoms with E-state index in [1.54, 1.807) is 6.92 Å². The molecule has 12 heteroatoms. The van der Waals surface area contributed by atoms with Crippen LogP contribution >= 0.6 is 0 Å². The van der Waals surface area contributed by atoms with Crippen molar-refractivity contribution in [2.24, 2.45) is 0 Å². The lowest BCUT2D eigenvalue weighted by atomic mass is 9.95. The molecular formula is C36H37F3N6O3. The van der Waals surface area contributed by atoms with Crippen molar-refractivity contribution >= 4 is 27.5 Å². The molecule has 4 saturated heterocycles. The molecule has 6 heterocycles. The highest BCUT2D eigenvalue weighted by Gasteiger charge is 2.50. The summed E-state index contributed by atoms with van der Waals surface area (Å²) in [6, 6.07) is 5.23. The Morgan fingerprint density at radius 2 is 2.04 bits per heavy atom. The number of anilines is 1. The molecule has 48 heavy (non-hydrogen) atoms. The molecule has 4 aliphatic heterocycles. The molecule has 2 unspecified atom stereocenters. The Bertz CT molecular complexity index is 2110. The first kappa shape index (κ1) is 27.7. The van der Waals surface area contributed by atoms with Gasteiger partial charge in [-0.15, -0.1) is 6.42 Å². The fourth-order valence-corrected chi connectivity index (χ4v) is 8.62. The Balaban J connectivity index is 1.28. The van der Waals surface area contributed by atoms with Crippen LogP contribution in [0.4, 0.5) is 19.0 Å². The average molecular weight is 662 g/mol. The molecule has 4 atom stereocenters. The first-order valence-corrected chi connectivity index (χ1v) is 16.3. The molecular weight excluding hydrogens is 621 g/mol. The number of benzene rings is 2. The summed E-state index contributed by atoms with van der Waals surface area (Å²) in [5.41, 5.74) is -1.18. The zero-order chi connectivity index (χ0) is 35.9. The minimum Gasteiger partial charge on any atom is -0.508 e. The summed E-state index contributed by atoms with van der Waals surface area (Å²) >= 11 is 0. The summed E-state index contributed by atoms with van der Waals surface area (Å²) in [5.74, 6) is 0.987. The molecule has 4 fully saturated rings. The number of phenols is 1. The number of ether oxygens (including phenoxy) is 2. The van der Waals surface area contributed by atoms with Gasteiger partial charge in [0.25, 0.3) is 0 Å². The fourth-order valence-electron chi connectivity index (χ4n) is 8.62. The second kappa shape index (κ2) is 11.5. The van der Waals surface area contributed by atoms with Crippen LogP contribution in [-0.2, 0) is 4.74 Å². The summed E-state index contributed by atoms with van der Waals surface area (Å²) in [4.78, 5) is 18.2. The van der Waals surface area contributed by atoms with Gasteiger partial charge in [0, 0.05) is 50.1 Å². The molecule has 0 spiro atoms. The van der Waals surface area contributed by atoms with E-state index in [0.29, 0.717) is 54.8 Å². The van der Waals surface area contributed by atoms with E-state index in [1.807, 2.05) is 4.90 Å². The highest BCUT2D eigenvalue weighted by molar-refractivity contribution is 6.03. The van der Waals surface area contributed by atoms with Gasteiger partial charge in [-0.05, 0) is 62.7 Å². The predicted octanol–water partition coefficient (Wildman–Crippen LogP) is 5.03. The lowest BCUT2D eigenvalue weighted by Crippen LogP contribution is -2.62. The lowest BCUT2D eigenvalue weighted by molar-refractivity contribution is 0.107. The Labute approximate surface area is 280 Å². The minimum atomic E-state index is -2.58. The van der Waals surface area contributed by atoms with Crippen LogP contribution in [0.25, 0.3) is 32.9 Å². The number of piperazine rings is 1. The summed E-state index contributed by atoms with van der Waals surface area (Å²) in [5, 5.41) is 15.1. The van der Waals surface area contributed by atoms with Crippen LogP contribution < -0.4 is 15.0 Å². The van der Waals surface area contributed by atoms with E-state index >= 15 is 4.39 Å². The Morgan fingerprint density at radius 3 is 2.88 bits per heavy atom. The first-order chi connectivity index (χ1) is 24.3. The number of pyridine rings is 1. The number of halogens is 3. The molecule has 2 aromatic carbocycles. The molecule has 0 amide bonds.